The summed E-state index contributed by atoms with van der Waals surface area (Å²) in [5, 5.41) is 0. The first-order valence-corrected chi connectivity index (χ1v) is 7.80. The number of imidazole rings is 1. The smallest absolute Gasteiger partial charge is 0.306 e. The SMILES string of the molecule is O=c1[nH]c2ccccc2n1C1CCN(CCCCl)CC1. The monoisotopic (exact) mass is 293 g/mol. The molecule has 0 bridgehead atoms. The number of halogens is 1. The molecular formula is C15H20ClN3O. The topological polar surface area (TPSA) is 41.0 Å². The average Bonchev–Trinajstić information content (AvgIpc) is 2.81. The van der Waals surface area contributed by atoms with Crippen molar-refractivity contribution >= 4 is 22.6 Å². The number of rotatable bonds is 4. The minimum atomic E-state index is 0.0189. The molecule has 4 nitrogen and oxygen atoms in total. The molecule has 2 aromatic rings. The van der Waals surface area contributed by atoms with Gasteiger partial charge in [-0.3, -0.25) is 4.57 Å². The van der Waals surface area contributed by atoms with Gasteiger partial charge in [0, 0.05) is 25.0 Å². The molecule has 0 saturated carbocycles. The van der Waals surface area contributed by atoms with Gasteiger partial charge in [-0.2, -0.15) is 0 Å². The van der Waals surface area contributed by atoms with Gasteiger partial charge in [-0.1, -0.05) is 12.1 Å². The van der Waals surface area contributed by atoms with E-state index < -0.39 is 0 Å². The third-order valence-electron chi connectivity index (χ3n) is 4.15. The normalized spacial score (nSPS) is 17.9. The lowest BCUT2D eigenvalue weighted by molar-refractivity contribution is 0.187. The summed E-state index contributed by atoms with van der Waals surface area (Å²) in [6, 6.07) is 8.24. The fourth-order valence-corrected chi connectivity index (χ4v) is 3.24. The zero-order chi connectivity index (χ0) is 13.9. The lowest BCUT2D eigenvalue weighted by Gasteiger charge is -2.32. The number of likely N-dealkylation sites (tertiary alicyclic amines) is 1. The van der Waals surface area contributed by atoms with E-state index in [-0.39, 0.29) is 5.69 Å². The van der Waals surface area contributed by atoms with Gasteiger partial charge in [0.2, 0.25) is 0 Å². The summed E-state index contributed by atoms with van der Waals surface area (Å²) in [4.78, 5) is 17.6. The van der Waals surface area contributed by atoms with Crippen LogP contribution in [0.5, 0.6) is 0 Å². The van der Waals surface area contributed by atoms with Crippen LogP contribution in [0.2, 0.25) is 0 Å². The molecule has 108 valence electrons. The molecule has 2 heterocycles. The second-order valence-electron chi connectivity index (χ2n) is 5.43. The standard InChI is InChI=1S/C15H20ClN3O/c16-8-3-9-18-10-6-12(7-11-18)19-14-5-2-1-4-13(14)17-15(19)20/h1-2,4-5,12H,3,6-11H2,(H,17,20). The third kappa shape index (κ3) is 2.63. The summed E-state index contributed by atoms with van der Waals surface area (Å²) in [5.74, 6) is 0.724. The van der Waals surface area contributed by atoms with Gasteiger partial charge in [-0.25, -0.2) is 4.79 Å². The molecule has 0 aliphatic carbocycles. The number of nitrogens with one attached hydrogen (secondary N) is 1. The van der Waals surface area contributed by atoms with E-state index in [9.17, 15) is 4.79 Å². The zero-order valence-electron chi connectivity index (χ0n) is 11.5. The number of hydrogen-bond donors (Lipinski definition) is 1. The molecule has 0 spiro atoms. The maximum absolute atomic E-state index is 12.2. The summed E-state index contributed by atoms with van der Waals surface area (Å²) in [5.41, 5.74) is 1.98. The van der Waals surface area contributed by atoms with E-state index in [0.717, 1.165) is 55.8 Å². The number of aromatic nitrogens is 2. The molecule has 1 fully saturated rings. The zero-order valence-corrected chi connectivity index (χ0v) is 12.3. The van der Waals surface area contributed by atoms with Crippen LogP contribution in [-0.2, 0) is 0 Å². The van der Waals surface area contributed by atoms with Crippen molar-refractivity contribution in [1.29, 1.82) is 0 Å². The van der Waals surface area contributed by atoms with E-state index in [1.165, 1.54) is 0 Å². The Morgan fingerprint density at radius 3 is 2.75 bits per heavy atom. The maximum Gasteiger partial charge on any atom is 0.326 e. The van der Waals surface area contributed by atoms with E-state index in [0.29, 0.717) is 6.04 Å². The van der Waals surface area contributed by atoms with Crippen molar-refractivity contribution < 1.29 is 0 Å². The predicted octanol–water partition coefficient (Wildman–Crippen LogP) is 2.60. The number of hydrogen-bond acceptors (Lipinski definition) is 2. The minimum absolute atomic E-state index is 0.0189. The number of nitrogens with zero attached hydrogens (tertiary/aromatic N) is 2. The van der Waals surface area contributed by atoms with Crippen molar-refractivity contribution in [3.05, 3.63) is 34.7 Å². The van der Waals surface area contributed by atoms with E-state index in [1.54, 1.807) is 0 Å². The Morgan fingerprint density at radius 2 is 2.00 bits per heavy atom. The molecule has 0 radical (unpaired) electrons. The largest absolute Gasteiger partial charge is 0.326 e. The summed E-state index contributed by atoms with van der Waals surface area (Å²) < 4.78 is 1.94. The molecule has 1 aromatic heterocycles. The van der Waals surface area contributed by atoms with Crippen LogP contribution in [-0.4, -0.2) is 40.0 Å². The molecular weight excluding hydrogens is 274 g/mol. The van der Waals surface area contributed by atoms with Crippen LogP contribution in [0.1, 0.15) is 25.3 Å². The van der Waals surface area contributed by atoms with Gasteiger partial charge in [0.05, 0.1) is 11.0 Å². The number of alkyl halides is 1. The quantitative estimate of drug-likeness (QED) is 0.880. The fraction of sp³-hybridized carbons (Fsp3) is 0.533. The highest BCUT2D eigenvalue weighted by atomic mass is 35.5. The Kier molecular flexibility index (Phi) is 4.13. The number of fused-ring (bicyclic) bond motifs is 1. The first kappa shape index (κ1) is 13.7. The van der Waals surface area contributed by atoms with Crippen LogP contribution in [0, 0.1) is 0 Å². The fourth-order valence-electron chi connectivity index (χ4n) is 3.12. The van der Waals surface area contributed by atoms with Gasteiger partial charge >= 0.3 is 5.69 Å². The van der Waals surface area contributed by atoms with Crippen LogP contribution < -0.4 is 5.69 Å². The molecule has 1 aliphatic heterocycles. The van der Waals surface area contributed by atoms with Crippen molar-refractivity contribution in [3.63, 3.8) is 0 Å². The van der Waals surface area contributed by atoms with Crippen LogP contribution >= 0.6 is 11.6 Å². The number of piperidine rings is 1. The van der Waals surface area contributed by atoms with Crippen molar-refractivity contribution in [2.75, 3.05) is 25.5 Å². The number of para-hydroxylation sites is 2. The Labute approximate surface area is 123 Å². The van der Waals surface area contributed by atoms with Gasteiger partial charge in [-0.15, -0.1) is 11.6 Å². The summed E-state index contributed by atoms with van der Waals surface area (Å²) in [6.45, 7) is 3.17. The van der Waals surface area contributed by atoms with E-state index in [4.69, 9.17) is 11.6 Å². The highest BCUT2D eigenvalue weighted by Crippen LogP contribution is 2.24. The van der Waals surface area contributed by atoms with Gasteiger partial charge in [-0.05, 0) is 37.9 Å². The number of benzene rings is 1. The van der Waals surface area contributed by atoms with Crippen LogP contribution in [0.15, 0.2) is 29.1 Å². The molecule has 1 aromatic carbocycles. The highest BCUT2D eigenvalue weighted by molar-refractivity contribution is 6.17. The molecule has 0 atom stereocenters. The molecule has 20 heavy (non-hydrogen) atoms. The van der Waals surface area contributed by atoms with Crippen LogP contribution in [0.25, 0.3) is 11.0 Å². The maximum atomic E-state index is 12.2. The summed E-state index contributed by atoms with van der Waals surface area (Å²) in [7, 11) is 0. The second kappa shape index (κ2) is 6.02. The van der Waals surface area contributed by atoms with Crippen LogP contribution in [0.4, 0.5) is 0 Å². The van der Waals surface area contributed by atoms with Crippen LogP contribution in [0.3, 0.4) is 0 Å². The average molecular weight is 294 g/mol. The Bertz CT molecular complexity index is 625. The number of H-pyrrole nitrogens is 1. The van der Waals surface area contributed by atoms with Crippen molar-refractivity contribution in [1.82, 2.24) is 14.5 Å². The van der Waals surface area contributed by atoms with Gasteiger partial charge in [0.1, 0.15) is 0 Å². The lowest BCUT2D eigenvalue weighted by Crippen LogP contribution is -2.37. The second-order valence-corrected chi connectivity index (χ2v) is 5.81. The molecule has 3 rings (SSSR count). The third-order valence-corrected chi connectivity index (χ3v) is 4.42. The van der Waals surface area contributed by atoms with Crippen molar-refractivity contribution in [2.45, 2.75) is 25.3 Å². The van der Waals surface area contributed by atoms with Crippen molar-refractivity contribution in [3.8, 4) is 0 Å². The van der Waals surface area contributed by atoms with Gasteiger partial charge in [0.15, 0.2) is 0 Å². The molecule has 1 N–H and O–H groups in total. The highest BCUT2D eigenvalue weighted by Gasteiger charge is 2.22. The summed E-state index contributed by atoms with van der Waals surface area (Å²) >= 11 is 5.74. The van der Waals surface area contributed by atoms with E-state index >= 15 is 0 Å². The minimum Gasteiger partial charge on any atom is -0.306 e. The van der Waals surface area contributed by atoms with E-state index in [2.05, 4.69) is 9.88 Å². The van der Waals surface area contributed by atoms with Crippen molar-refractivity contribution in [2.24, 2.45) is 0 Å². The predicted molar refractivity (Wildman–Crippen MR) is 82.6 cm³/mol. The van der Waals surface area contributed by atoms with E-state index in [1.807, 2.05) is 28.8 Å². The first-order valence-electron chi connectivity index (χ1n) is 7.27. The van der Waals surface area contributed by atoms with Gasteiger partial charge in [0.25, 0.3) is 0 Å². The lowest BCUT2D eigenvalue weighted by atomic mass is 10.0. The Hall–Kier alpha value is -1.26. The Morgan fingerprint density at radius 1 is 1.25 bits per heavy atom. The molecule has 0 unspecified atom stereocenters. The molecule has 5 heteroatoms. The Balaban J connectivity index is 1.77. The summed E-state index contributed by atoms with van der Waals surface area (Å²) in [6.07, 6.45) is 3.10. The molecule has 1 aliphatic rings. The van der Waals surface area contributed by atoms with Gasteiger partial charge < -0.3 is 9.88 Å². The molecule has 0 amide bonds. The number of aromatic amines is 1. The molecule has 1 saturated heterocycles. The first-order chi connectivity index (χ1) is 9.79.